The molecule has 3 N–H and O–H groups in total. The average Bonchev–Trinajstić information content (AvgIpc) is 2.80. The fourth-order valence-electron chi connectivity index (χ4n) is 3.95. The average molecular weight is 412 g/mol. The van der Waals surface area contributed by atoms with Gasteiger partial charge in [0.15, 0.2) is 0 Å². The minimum Gasteiger partial charge on any atom is -0.507 e. The fourth-order valence-corrected chi connectivity index (χ4v) is 3.95. The highest BCUT2D eigenvalue weighted by atomic mass is 16.3. The zero-order valence-electron chi connectivity index (χ0n) is 17.6. The number of amides is 1. The lowest BCUT2D eigenvalue weighted by molar-refractivity contribution is -0.907. The molecule has 1 unspecified atom stereocenters. The van der Waals surface area contributed by atoms with Crippen LogP contribution in [0.3, 0.4) is 0 Å². The number of quaternary nitrogens is 1. The molecule has 4 aromatic rings. The highest BCUT2D eigenvalue weighted by molar-refractivity contribution is 6.03. The fraction of sp³-hybridized carbons (Fsp3) is 0.148. The first-order chi connectivity index (χ1) is 15.1. The summed E-state index contributed by atoms with van der Waals surface area (Å²) in [6.07, 6.45) is 0. The van der Waals surface area contributed by atoms with Gasteiger partial charge in [-0.05, 0) is 22.4 Å². The molecular weight excluding hydrogens is 384 g/mol. The largest absolute Gasteiger partial charge is 0.507 e. The van der Waals surface area contributed by atoms with Gasteiger partial charge in [-0.3, -0.25) is 4.79 Å². The lowest BCUT2D eigenvalue weighted by Crippen LogP contribution is -3.06. The summed E-state index contributed by atoms with van der Waals surface area (Å²) in [5, 5.41) is 16.0. The van der Waals surface area contributed by atoms with E-state index in [1.807, 2.05) is 72.8 Å². The summed E-state index contributed by atoms with van der Waals surface area (Å²) in [5.74, 6) is -0.203. The van der Waals surface area contributed by atoms with Gasteiger partial charge in [-0.1, -0.05) is 84.9 Å². The Morgan fingerprint density at radius 1 is 0.839 bits per heavy atom. The van der Waals surface area contributed by atoms with Gasteiger partial charge >= 0.3 is 0 Å². The SMILES string of the molecule is C[NH+](Cc1ccccc1)Cc1c(O)c(C(=O)NCc2ccccc2)cc2ccccc12. The molecule has 156 valence electrons. The van der Waals surface area contributed by atoms with E-state index in [-0.39, 0.29) is 11.7 Å². The Bertz CT molecular complexity index is 1170. The number of carbonyl (C=O) groups excluding carboxylic acids is 1. The van der Waals surface area contributed by atoms with Crippen LogP contribution >= 0.6 is 0 Å². The van der Waals surface area contributed by atoms with Gasteiger partial charge in [0.2, 0.25) is 0 Å². The number of hydrogen-bond donors (Lipinski definition) is 3. The van der Waals surface area contributed by atoms with Crippen LogP contribution in [-0.4, -0.2) is 18.1 Å². The van der Waals surface area contributed by atoms with Crippen LogP contribution in [0.5, 0.6) is 5.75 Å². The highest BCUT2D eigenvalue weighted by Gasteiger charge is 2.20. The number of benzene rings is 4. The summed E-state index contributed by atoms with van der Waals surface area (Å²) in [5.41, 5.74) is 3.37. The van der Waals surface area contributed by atoms with Crippen LogP contribution in [0.2, 0.25) is 0 Å². The second kappa shape index (κ2) is 9.45. The van der Waals surface area contributed by atoms with Crippen LogP contribution in [0.1, 0.15) is 27.0 Å². The molecule has 4 nitrogen and oxygen atoms in total. The molecule has 0 fully saturated rings. The van der Waals surface area contributed by atoms with Crippen molar-refractivity contribution < 1.29 is 14.8 Å². The Kier molecular flexibility index (Phi) is 6.29. The lowest BCUT2D eigenvalue weighted by atomic mass is 9.98. The number of hydrogen-bond acceptors (Lipinski definition) is 2. The van der Waals surface area contributed by atoms with Gasteiger partial charge in [-0.25, -0.2) is 0 Å². The maximum atomic E-state index is 12.9. The monoisotopic (exact) mass is 411 g/mol. The Labute approximate surface area is 182 Å². The second-order valence-corrected chi connectivity index (χ2v) is 7.94. The molecule has 0 aliphatic carbocycles. The Morgan fingerprint density at radius 2 is 1.45 bits per heavy atom. The van der Waals surface area contributed by atoms with E-state index in [4.69, 9.17) is 0 Å². The van der Waals surface area contributed by atoms with Gasteiger partial charge in [0.25, 0.3) is 5.91 Å². The molecular formula is C27H27N2O2+. The number of phenolic OH excluding ortho intramolecular Hbond substituents is 1. The smallest absolute Gasteiger partial charge is 0.255 e. The van der Waals surface area contributed by atoms with Crippen LogP contribution in [0.25, 0.3) is 10.8 Å². The van der Waals surface area contributed by atoms with E-state index in [9.17, 15) is 9.90 Å². The summed E-state index contributed by atoms with van der Waals surface area (Å²) in [6, 6.07) is 29.7. The molecule has 1 amide bonds. The van der Waals surface area contributed by atoms with Crippen molar-refractivity contribution in [2.24, 2.45) is 0 Å². The predicted molar refractivity (Wildman–Crippen MR) is 124 cm³/mol. The normalized spacial score (nSPS) is 11.9. The summed E-state index contributed by atoms with van der Waals surface area (Å²) in [7, 11) is 2.10. The van der Waals surface area contributed by atoms with Crippen molar-refractivity contribution in [1.29, 1.82) is 0 Å². The van der Waals surface area contributed by atoms with Crippen LogP contribution in [-0.2, 0) is 19.6 Å². The molecule has 4 heteroatoms. The number of fused-ring (bicyclic) bond motifs is 1. The zero-order valence-corrected chi connectivity index (χ0v) is 17.6. The second-order valence-electron chi connectivity index (χ2n) is 7.94. The van der Waals surface area contributed by atoms with Gasteiger partial charge in [0.1, 0.15) is 18.8 Å². The summed E-state index contributed by atoms with van der Waals surface area (Å²) < 4.78 is 0. The van der Waals surface area contributed by atoms with Crippen molar-refractivity contribution in [1.82, 2.24) is 5.32 Å². The molecule has 0 aromatic heterocycles. The Morgan fingerprint density at radius 3 is 2.16 bits per heavy atom. The van der Waals surface area contributed by atoms with E-state index in [1.165, 1.54) is 10.5 Å². The van der Waals surface area contributed by atoms with Crippen LogP contribution in [0.4, 0.5) is 0 Å². The van der Waals surface area contributed by atoms with Crippen molar-refractivity contribution in [3.8, 4) is 5.75 Å². The molecule has 0 aliphatic heterocycles. The molecule has 4 rings (SSSR count). The molecule has 0 aliphatic rings. The third-order valence-corrected chi connectivity index (χ3v) is 5.49. The maximum Gasteiger partial charge on any atom is 0.255 e. The van der Waals surface area contributed by atoms with Gasteiger partial charge in [0, 0.05) is 12.1 Å². The third-order valence-electron chi connectivity index (χ3n) is 5.49. The van der Waals surface area contributed by atoms with Crippen molar-refractivity contribution in [2.45, 2.75) is 19.6 Å². The lowest BCUT2D eigenvalue weighted by Gasteiger charge is -2.18. The number of phenols is 1. The number of carbonyl (C=O) groups is 1. The van der Waals surface area contributed by atoms with Crippen molar-refractivity contribution in [3.63, 3.8) is 0 Å². The van der Waals surface area contributed by atoms with Gasteiger partial charge in [0.05, 0.1) is 18.2 Å². The molecule has 0 saturated heterocycles. The maximum absolute atomic E-state index is 12.9. The Hall–Kier alpha value is -3.63. The number of nitrogens with one attached hydrogen (secondary N) is 2. The first-order valence-electron chi connectivity index (χ1n) is 10.5. The van der Waals surface area contributed by atoms with E-state index < -0.39 is 0 Å². The first kappa shape index (κ1) is 20.6. The molecule has 0 bridgehead atoms. The quantitative estimate of drug-likeness (QED) is 0.434. The van der Waals surface area contributed by atoms with E-state index in [1.54, 1.807) is 6.07 Å². The molecule has 0 heterocycles. The molecule has 31 heavy (non-hydrogen) atoms. The Balaban J connectivity index is 1.61. The van der Waals surface area contributed by atoms with Crippen molar-refractivity contribution in [2.75, 3.05) is 7.05 Å². The van der Waals surface area contributed by atoms with Gasteiger partial charge < -0.3 is 15.3 Å². The topological polar surface area (TPSA) is 53.8 Å². The van der Waals surface area contributed by atoms with E-state index in [0.717, 1.165) is 28.4 Å². The summed E-state index contributed by atoms with van der Waals surface area (Å²) in [4.78, 5) is 14.2. The van der Waals surface area contributed by atoms with Gasteiger partial charge in [-0.2, -0.15) is 0 Å². The molecule has 1 atom stereocenters. The van der Waals surface area contributed by atoms with Gasteiger partial charge in [-0.15, -0.1) is 0 Å². The van der Waals surface area contributed by atoms with Crippen molar-refractivity contribution in [3.05, 3.63) is 113 Å². The summed E-state index contributed by atoms with van der Waals surface area (Å²) in [6.45, 7) is 1.86. The molecule has 0 spiro atoms. The van der Waals surface area contributed by atoms with E-state index in [0.29, 0.717) is 18.7 Å². The van der Waals surface area contributed by atoms with E-state index >= 15 is 0 Å². The molecule has 4 aromatic carbocycles. The third kappa shape index (κ3) is 4.93. The van der Waals surface area contributed by atoms with Crippen molar-refractivity contribution >= 4 is 16.7 Å². The van der Waals surface area contributed by atoms with Crippen LogP contribution < -0.4 is 10.2 Å². The minimum atomic E-state index is -0.269. The van der Waals surface area contributed by atoms with Crippen LogP contribution in [0.15, 0.2) is 91.0 Å². The minimum absolute atomic E-state index is 0.0664. The number of rotatable bonds is 7. The first-order valence-corrected chi connectivity index (χ1v) is 10.5. The number of aromatic hydroxyl groups is 1. The molecule has 0 radical (unpaired) electrons. The van der Waals surface area contributed by atoms with Crippen LogP contribution in [0, 0.1) is 0 Å². The summed E-state index contributed by atoms with van der Waals surface area (Å²) >= 11 is 0. The van der Waals surface area contributed by atoms with E-state index in [2.05, 4.69) is 24.5 Å². The highest BCUT2D eigenvalue weighted by Crippen LogP contribution is 2.31. The standard InChI is InChI=1S/C27H26N2O2/c1-29(18-21-12-6-3-7-13-21)19-25-23-15-9-8-14-22(23)16-24(26(25)30)27(31)28-17-20-10-4-2-5-11-20/h2-16,30H,17-19H2,1H3,(H,28,31)/p+1. The zero-order chi connectivity index (χ0) is 21.6. The molecule has 0 saturated carbocycles. The predicted octanol–water partition coefficient (Wildman–Crippen LogP) is 3.69.